The molecule has 17 heavy (non-hydrogen) atoms. The van der Waals surface area contributed by atoms with Crippen molar-refractivity contribution < 1.29 is 0 Å². The van der Waals surface area contributed by atoms with Gasteiger partial charge in [0.1, 0.15) is 0 Å². The Balaban J connectivity index is 2.39. The van der Waals surface area contributed by atoms with Gasteiger partial charge in [0.15, 0.2) is 0 Å². The third-order valence-electron chi connectivity index (χ3n) is 4.64. The number of hydrogen-bond donors (Lipinski definition) is 1. The summed E-state index contributed by atoms with van der Waals surface area (Å²) < 4.78 is 0. The predicted octanol–water partition coefficient (Wildman–Crippen LogP) is 3.41. The van der Waals surface area contributed by atoms with E-state index in [1.54, 1.807) is 0 Å². The van der Waals surface area contributed by atoms with Gasteiger partial charge in [0.25, 0.3) is 0 Å². The second kappa shape index (κ2) is 7.38. The summed E-state index contributed by atoms with van der Waals surface area (Å²) in [5.74, 6) is 0.913. The summed E-state index contributed by atoms with van der Waals surface area (Å²) in [5.41, 5.74) is 6.31. The van der Waals surface area contributed by atoms with Gasteiger partial charge in [0.2, 0.25) is 0 Å². The molecule has 2 unspecified atom stereocenters. The van der Waals surface area contributed by atoms with Crippen molar-refractivity contribution in [1.82, 2.24) is 4.90 Å². The number of hydrogen-bond acceptors (Lipinski definition) is 2. The molecular weight excluding hydrogens is 208 g/mol. The molecule has 0 aliphatic carbocycles. The fourth-order valence-corrected chi connectivity index (χ4v) is 2.98. The molecule has 1 rings (SSSR count). The van der Waals surface area contributed by atoms with E-state index in [-0.39, 0.29) is 5.54 Å². The maximum atomic E-state index is 6.05. The van der Waals surface area contributed by atoms with Gasteiger partial charge in [-0.3, -0.25) is 4.90 Å². The average molecular weight is 240 g/mol. The molecule has 0 aromatic carbocycles. The highest BCUT2D eigenvalue weighted by Gasteiger charge is 2.34. The molecule has 0 amide bonds. The quantitative estimate of drug-likeness (QED) is 0.659. The zero-order valence-electron chi connectivity index (χ0n) is 12.2. The van der Waals surface area contributed by atoms with Crippen LogP contribution >= 0.6 is 0 Å². The van der Waals surface area contributed by atoms with Gasteiger partial charge < -0.3 is 5.73 Å². The first-order valence-electron chi connectivity index (χ1n) is 7.61. The molecular formula is C15H32N2. The van der Waals surface area contributed by atoms with E-state index in [4.69, 9.17) is 5.73 Å². The van der Waals surface area contributed by atoms with E-state index in [9.17, 15) is 0 Å². The summed E-state index contributed by atoms with van der Waals surface area (Å²) in [5, 5.41) is 0. The average Bonchev–Trinajstić information content (AvgIpc) is 2.83. The highest BCUT2D eigenvalue weighted by molar-refractivity contribution is 4.91. The summed E-state index contributed by atoms with van der Waals surface area (Å²) in [6, 6.07) is 0. The zero-order valence-corrected chi connectivity index (χ0v) is 12.2. The minimum absolute atomic E-state index is 0.262. The van der Waals surface area contributed by atoms with Crippen molar-refractivity contribution in [2.75, 3.05) is 19.6 Å². The third-order valence-corrected chi connectivity index (χ3v) is 4.64. The largest absolute Gasteiger partial charge is 0.329 e. The molecule has 2 N–H and O–H groups in total. The number of nitrogens with zero attached hydrogens (tertiary/aromatic N) is 1. The first-order chi connectivity index (χ1) is 8.16. The highest BCUT2D eigenvalue weighted by atomic mass is 15.2. The van der Waals surface area contributed by atoms with Crippen LogP contribution in [0.5, 0.6) is 0 Å². The van der Waals surface area contributed by atoms with E-state index in [0.717, 1.165) is 12.5 Å². The van der Waals surface area contributed by atoms with Crippen molar-refractivity contribution in [1.29, 1.82) is 0 Å². The molecule has 1 fully saturated rings. The summed E-state index contributed by atoms with van der Waals surface area (Å²) in [6.07, 6.45) is 9.39. The van der Waals surface area contributed by atoms with Crippen molar-refractivity contribution in [2.24, 2.45) is 11.7 Å². The van der Waals surface area contributed by atoms with E-state index in [1.807, 2.05) is 0 Å². The van der Waals surface area contributed by atoms with Crippen LogP contribution < -0.4 is 5.73 Å². The molecule has 1 aliphatic heterocycles. The van der Waals surface area contributed by atoms with Gasteiger partial charge in [-0.15, -0.1) is 0 Å². The lowest BCUT2D eigenvalue weighted by molar-refractivity contribution is 0.123. The van der Waals surface area contributed by atoms with Crippen molar-refractivity contribution >= 4 is 0 Å². The maximum Gasteiger partial charge on any atom is 0.0303 e. The van der Waals surface area contributed by atoms with Crippen LogP contribution in [0.1, 0.15) is 65.7 Å². The Labute approximate surface area is 108 Å². The van der Waals surface area contributed by atoms with Crippen molar-refractivity contribution in [3.8, 4) is 0 Å². The number of unbranched alkanes of at least 4 members (excludes halogenated alkanes) is 3. The van der Waals surface area contributed by atoms with Gasteiger partial charge in [0, 0.05) is 18.6 Å². The van der Waals surface area contributed by atoms with Crippen LogP contribution in [0.25, 0.3) is 0 Å². The second-order valence-electron chi connectivity index (χ2n) is 6.02. The predicted molar refractivity (Wildman–Crippen MR) is 76.2 cm³/mol. The van der Waals surface area contributed by atoms with Gasteiger partial charge >= 0.3 is 0 Å². The molecule has 2 atom stereocenters. The van der Waals surface area contributed by atoms with Gasteiger partial charge in [0.05, 0.1) is 0 Å². The van der Waals surface area contributed by atoms with Crippen LogP contribution in [0.2, 0.25) is 0 Å². The van der Waals surface area contributed by atoms with Crippen LogP contribution in [-0.2, 0) is 0 Å². The van der Waals surface area contributed by atoms with E-state index in [2.05, 4.69) is 25.7 Å². The topological polar surface area (TPSA) is 29.3 Å². The van der Waals surface area contributed by atoms with E-state index in [1.165, 1.54) is 58.0 Å². The van der Waals surface area contributed by atoms with Crippen molar-refractivity contribution in [3.05, 3.63) is 0 Å². The lowest BCUT2D eigenvalue weighted by Crippen LogP contribution is -2.50. The van der Waals surface area contributed by atoms with Crippen LogP contribution in [0.3, 0.4) is 0 Å². The summed E-state index contributed by atoms with van der Waals surface area (Å²) >= 11 is 0. The summed E-state index contributed by atoms with van der Waals surface area (Å²) in [6.45, 7) is 10.3. The lowest BCUT2D eigenvalue weighted by atomic mass is 9.92. The van der Waals surface area contributed by atoms with Crippen LogP contribution in [-0.4, -0.2) is 30.1 Å². The van der Waals surface area contributed by atoms with Crippen LogP contribution in [0.15, 0.2) is 0 Å². The normalized spacial score (nSPS) is 25.1. The van der Waals surface area contributed by atoms with Crippen molar-refractivity contribution in [2.45, 2.75) is 71.3 Å². The summed E-state index contributed by atoms with van der Waals surface area (Å²) in [7, 11) is 0. The molecule has 2 heteroatoms. The molecule has 0 bridgehead atoms. The molecule has 1 heterocycles. The molecule has 1 saturated heterocycles. The Hall–Kier alpha value is -0.0800. The molecule has 0 aromatic heterocycles. The Morgan fingerprint density at radius 1 is 1.24 bits per heavy atom. The van der Waals surface area contributed by atoms with Crippen molar-refractivity contribution in [3.63, 3.8) is 0 Å². The molecule has 0 spiro atoms. The smallest absolute Gasteiger partial charge is 0.0303 e. The first-order valence-corrected chi connectivity index (χ1v) is 7.61. The summed E-state index contributed by atoms with van der Waals surface area (Å²) in [4.78, 5) is 2.66. The van der Waals surface area contributed by atoms with E-state index >= 15 is 0 Å². The van der Waals surface area contributed by atoms with E-state index in [0.29, 0.717) is 0 Å². The molecule has 2 nitrogen and oxygen atoms in total. The maximum absolute atomic E-state index is 6.05. The Bertz CT molecular complexity index is 205. The number of nitrogens with two attached hydrogens (primary N) is 1. The Morgan fingerprint density at radius 2 is 2.00 bits per heavy atom. The van der Waals surface area contributed by atoms with Gasteiger partial charge in [-0.25, -0.2) is 0 Å². The van der Waals surface area contributed by atoms with Gasteiger partial charge in [-0.1, -0.05) is 46.0 Å². The monoisotopic (exact) mass is 240 g/mol. The van der Waals surface area contributed by atoms with E-state index < -0.39 is 0 Å². The molecule has 1 aliphatic rings. The Kier molecular flexibility index (Phi) is 6.50. The fourth-order valence-electron chi connectivity index (χ4n) is 2.98. The molecule has 0 saturated carbocycles. The molecule has 0 aromatic rings. The standard InChI is InChI=1S/C15H32N2/c1-4-6-7-8-10-15(3,13-16)17-11-9-14(5-2)12-17/h14H,4-13,16H2,1-3H3. The fraction of sp³-hybridized carbons (Fsp3) is 1.00. The van der Waals surface area contributed by atoms with Crippen LogP contribution in [0.4, 0.5) is 0 Å². The highest BCUT2D eigenvalue weighted by Crippen LogP contribution is 2.29. The van der Waals surface area contributed by atoms with Gasteiger partial charge in [-0.2, -0.15) is 0 Å². The minimum Gasteiger partial charge on any atom is -0.329 e. The SMILES string of the molecule is CCCCCCC(C)(CN)N1CCC(CC)C1. The Morgan fingerprint density at radius 3 is 2.53 bits per heavy atom. The van der Waals surface area contributed by atoms with Crippen LogP contribution in [0, 0.1) is 5.92 Å². The van der Waals surface area contributed by atoms with Gasteiger partial charge in [-0.05, 0) is 32.2 Å². The molecule has 0 radical (unpaired) electrons. The third kappa shape index (κ3) is 4.26. The minimum atomic E-state index is 0.262. The number of likely N-dealkylation sites (tertiary alicyclic amines) is 1. The molecule has 102 valence electrons. The lowest BCUT2D eigenvalue weighted by Gasteiger charge is -2.38. The first kappa shape index (κ1) is 15.0. The number of rotatable bonds is 8. The second-order valence-corrected chi connectivity index (χ2v) is 6.02. The zero-order chi connectivity index (χ0) is 12.7.